The molecule has 0 atom stereocenters. The van der Waals surface area contributed by atoms with E-state index in [-0.39, 0.29) is 0 Å². The molecule has 0 fully saturated rings. The Hall–Kier alpha value is -1.76. The Morgan fingerprint density at radius 2 is 1.65 bits per heavy atom. The zero-order valence-electron chi connectivity index (χ0n) is 10.6. The SMILES string of the molecule is COc1cc(C(C)C)ccc1-c1ccccc1. The third-order valence-electron chi connectivity index (χ3n) is 2.98. The van der Waals surface area contributed by atoms with Crippen molar-refractivity contribution in [3.05, 3.63) is 54.1 Å². The summed E-state index contributed by atoms with van der Waals surface area (Å²) in [7, 11) is 1.73. The second kappa shape index (κ2) is 5.05. The number of ether oxygens (including phenoxy) is 1. The predicted molar refractivity (Wildman–Crippen MR) is 72.5 cm³/mol. The highest BCUT2D eigenvalue weighted by atomic mass is 16.5. The Labute approximate surface area is 103 Å². The third-order valence-corrected chi connectivity index (χ3v) is 2.98. The molecule has 0 spiro atoms. The van der Waals surface area contributed by atoms with Crippen molar-refractivity contribution < 1.29 is 4.74 Å². The fourth-order valence-corrected chi connectivity index (χ4v) is 1.92. The number of rotatable bonds is 3. The van der Waals surface area contributed by atoms with Crippen LogP contribution in [0.4, 0.5) is 0 Å². The topological polar surface area (TPSA) is 9.23 Å². The molecule has 0 aromatic heterocycles. The monoisotopic (exact) mass is 226 g/mol. The van der Waals surface area contributed by atoms with E-state index >= 15 is 0 Å². The average molecular weight is 226 g/mol. The molecule has 17 heavy (non-hydrogen) atoms. The summed E-state index contributed by atoms with van der Waals surface area (Å²) in [5.74, 6) is 1.47. The molecule has 88 valence electrons. The van der Waals surface area contributed by atoms with E-state index in [1.807, 2.05) is 18.2 Å². The first kappa shape index (κ1) is 11.7. The van der Waals surface area contributed by atoms with Crippen molar-refractivity contribution >= 4 is 0 Å². The van der Waals surface area contributed by atoms with Gasteiger partial charge in [0.2, 0.25) is 0 Å². The second-order valence-corrected chi connectivity index (χ2v) is 4.48. The minimum Gasteiger partial charge on any atom is -0.496 e. The maximum absolute atomic E-state index is 5.49. The van der Waals surface area contributed by atoms with E-state index < -0.39 is 0 Å². The molecule has 0 bridgehead atoms. The fourth-order valence-electron chi connectivity index (χ4n) is 1.92. The van der Waals surface area contributed by atoms with Crippen LogP contribution in [0.2, 0.25) is 0 Å². The van der Waals surface area contributed by atoms with Crippen molar-refractivity contribution in [2.24, 2.45) is 0 Å². The minimum atomic E-state index is 0.522. The van der Waals surface area contributed by atoms with Gasteiger partial charge in [-0.05, 0) is 23.1 Å². The van der Waals surface area contributed by atoms with Crippen LogP contribution in [-0.4, -0.2) is 7.11 Å². The summed E-state index contributed by atoms with van der Waals surface area (Å²) in [4.78, 5) is 0. The molecule has 1 nitrogen and oxygen atoms in total. The van der Waals surface area contributed by atoms with Gasteiger partial charge in [-0.1, -0.05) is 56.3 Å². The lowest BCUT2D eigenvalue weighted by Crippen LogP contribution is -1.92. The van der Waals surface area contributed by atoms with Crippen molar-refractivity contribution in [2.45, 2.75) is 19.8 Å². The molecule has 0 amide bonds. The maximum Gasteiger partial charge on any atom is 0.126 e. The van der Waals surface area contributed by atoms with E-state index in [0.717, 1.165) is 11.3 Å². The van der Waals surface area contributed by atoms with E-state index in [1.165, 1.54) is 11.1 Å². The molecule has 2 aromatic rings. The molecule has 0 heterocycles. The zero-order valence-corrected chi connectivity index (χ0v) is 10.6. The Morgan fingerprint density at radius 1 is 0.941 bits per heavy atom. The Balaban J connectivity index is 2.49. The summed E-state index contributed by atoms with van der Waals surface area (Å²) in [6.45, 7) is 4.38. The summed E-state index contributed by atoms with van der Waals surface area (Å²) in [6.07, 6.45) is 0. The summed E-state index contributed by atoms with van der Waals surface area (Å²) in [6, 6.07) is 16.8. The van der Waals surface area contributed by atoms with Gasteiger partial charge in [0.15, 0.2) is 0 Å². The maximum atomic E-state index is 5.49. The Kier molecular flexibility index (Phi) is 3.48. The molecule has 2 rings (SSSR count). The lowest BCUT2D eigenvalue weighted by atomic mass is 9.98. The molecule has 0 N–H and O–H groups in total. The molecular formula is C16H18O. The van der Waals surface area contributed by atoms with E-state index in [4.69, 9.17) is 4.74 Å². The molecule has 0 saturated carbocycles. The van der Waals surface area contributed by atoms with Crippen LogP contribution in [0.3, 0.4) is 0 Å². The van der Waals surface area contributed by atoms with E-state index in [0.29, 0.717) is 5.92 Å². The van der Waals surface area contributed by atoms with Gasteiger partial charge >= 0.3 is 0 Å². The van der Waals surface area contributed by atoms with Crippen molar-refractivity contribution in [2.75, 3.05) is 7.11 Å². The van der Waals surface area contributed by atoms with Crippen LogP contribution in [0.5, 0.6) is 5.75 Å². The molecule has 0 aliphatic carbocycles. The molecule has 0 aliphatic heterocycles. The highest BCUT2D eigenvalue weighted by Gasteiger charge is 2.08. The average Bonchev–Trinajstić information content (AvgIpc) is 2.39. The van der Waals surface area contributed by atoms with Crippen molar-refractivity contribution in [1.82, 2.24) is 0 Å². The molecule has 1 heteroatoms. The second-order valence-electron chi connectivity index (χ2n) is 4.48. The van der Waals surface area contributed by atoms with Crippen molar-refractivity contribution in [1.29, 1.82) is 0 Å². The summed E-state index contributed by atoms with van der Waals surface area (Å²) in [5.41, 5.74) is 3.65. The Bertz CT molecular complexity index is 486. The lowest BCUT2D eigenvalue weighted by molar-refractivity contribution is 0.415. The number of hydrogen-bond donors (Lipinski definition) is 0. The third kappa shape index (κ3) is 2.50. The summed E-state index contributed by atoms with van der Waals surface area (Å²) in [5, 5.41) is 0. The van der Waals surface area contributed by atoms with Gasteiger partial charge in [0.05, 0.1) is 7.11 Å². The standard InChI is InChI=1S/C16H18O/c1-12(2)14-9-10-15(16(11-14)17-3)13-7-5-4-6-8-13/h4-12H,1-3H3. The molecule has 0 unspecified atom stereocenters. The van der Waals surface area contributed by atoms with Crippen LogP contribution < -0.4 is 4.74 Å². The molecular weight excluding hydrogens is 208 g/mol. The first-order valence-electron chi connectivity index (χ1n) is 5.95. The molecule has 0 saturated heterocycles. The van der Waals surface area contributed by atoms with E-state index in [1.54, 1.807) is 7.11 Å². The van der Waals surface area contributed by atoms with Crippen molar-refractivity contribution in [3.8, 4) is 16.9 Å². The van der Waals surface area contributed by atoms with E-state index in [9.17, 15) is 0 Å². The van der Waals surface area contributed by atoms with E-state index in [2.05, 4.69) is 44.2 Å². The quantitative estimate of drug-likeness (QED) is 0.749. The predicted octanol–water partition coefficient (Wildman–Crippen LogP) is 4.49. The summed E-state index contributed by atoms with van der Waals surface area (Å²) < 4.78 is 5.49. The van der Waals surface area contributed by atoms with Crippen molar-refractivity contribution in [3.63, 3.8) is 0 Å². The highest BCUT2D eigenvalue weighted by Crippen LogP contribution is 2.32. The van der Waals surface area contributed by atoms with Crippen LogP contribution in [0.1, 0.15) is 25.3 Å². The van der Waals surface area contributed by atoms with Crippen LogP contribution >= 0.6 is 0 Å². The fraction of sp³-hybridized carbons (Fsp3) is 0.250. The normalized spacial score (nSPS) is 10.6. The molecule has 0 aliphatic rings. The van der Waals surface area contributed by atoms with Gasteiger partial charge in [0.25, 0.3) is 0 Å². The molecule has 0 radical (unpaired) electrons. The number of hydrogen-bond acceptors (Lipinski definition) is 1. The van der Waals surface area contributed by atoms with Gasteiger partial charge in [-0.2, -0.15) is 0 Å². The van der Waals surface area contributed by atoms with Gasteiger partial charge in [0, 0.05) is 5.56 Å². The highest BCUT2D eigenvalue weighted by molar-refractivity contribution is 5.70. The number of methoxy groups -OCH3 is 1. The molecule has 2 aromatic carbocycles. The van der Waals surface area contributed by atoms with Gasteiger partial charge in [-0.25, -0.2) is 0 Å². The Morgan fingerprint density at radius 3 is 2.24 bits per heavy atom. The number of benzene rings is 2. The largest absolute Gasteiger partial charge is 0.496 e. The van der Waals surface area contributed by atoms with Gasteiger partial charge in [0.1, 0.15) is 5.75 Å². The lowest BCUT2D eigenvalue weighted by Gasteiger charge is -2.12. The first-order valence-corrected chi connectivity index (χ1v) is 5.95. The smallest absolute Gasteiger partial charge is 0.126 e. The zero-order chi connectivity index (χ0) is 12.3. The summed E-state index contributed by atoms with van der Waals surface area (Å²) >= 11 is 0. The van der Waals surface area contributed by atoms with Gasteiger partial charge in [-0.15, -0.1) is 0 Å². The van der Waals surface area contributed by atoms with Crippen LogP contribution in [0.25, 0.3) is 11.1 Å². The van der Waals surface area contributed by atoms with Crippen LogP contribution in [0.15, 0.2) is 48.5 Å². The van der Waals surface area contributed by atoms with Gasteiger partial charge < -0.3 is 4.74 Å². The van der Waals surface area contributed by atoms with Crippen LogP contribution in [0, 0.1) is 0 Å². The minimum absolute atomic E-state index is 0.522. The van der Waals surface area contributed by atoms with Crippen LogP contribution in [-0.2, 0) is 0 Å². The van der Waals surface area contributed by atoms with Gasteiger partial charge in [-0.3, -0.25) is 0 Å². The first-order chi connectivity index (χ1) is 8.22.